The third-order valence-corrected chi connectivity index (χ3v) is 3.37. The number of benzene rings is 2. The maximum Gasteiger partial charge on any atom is 0.339 e. The Hall–Kier alpha value is -1.76. The first-order chi connectivity index (χ1) is 9.66. The SMILES string of the molecule is O=C(O)c1ccccc1OCCNc1ccc(I)cc1. The van der Waals surface area contributed by atoms with Crippen molar-refractivity contribution in [2.24, 2.45) is 0 Å². The lowest BCUT2D eigenvalue weighted by atomic mass is 10.2. The van der Waals surface area contributed by atoms with E-state index in [0.717, 1.165) is 5.69 Å². The van der Waals surface area contributed by atoms with E-state index in [1.807, 2.05) is 24.3 Å². The average Bonchev–Trinajstić information content (AvgIpc) is 2.46. The summed E-state index contributed by atoms with van der Waals surface area (Å²) in [5, 5.41) is 12.2. The van der Waals surface area contributed by atoms with Crippen molar-refractivity contribution in [1.29, 1.82) is 0 Å². The molecule has 0 bridgehead atoms. The Morgan fingerprint density at radius 2 is 1.85 bits per heavy atom. The molecule has 104 valence electrons. The molecule has 0 heterocycles. The van der Waals surface area contributed by atoms with E-state index in [1.54, 1.807) is 18.2 Å². The Kier molecular flexibility index (Phi) is 5.23. The molecule has 0 amide bonds. The Bertz CT molecular complexity index is 584. The van der Waals surface area contributed by atoms with Crippen LogP contribution in [0.15, 0.2) is 48.5 Å². The van der Waals surface area contributed by atoms with Crippen LogP contribution < -0.4 is 10.1 Å². The molecule has 0 saturated carbocycles. The Morgan fingerprint density at radius 1 is 1.15 bits per heavy atom. The normalized spacial score (nSPS) is 10.1. The predicted molar refractivity (Wildman–Crippen MR) is 86.5 cm³/mol. The van der Waals surface area contributed by atoms with Gasteiger partial charge in [-0.25, -0.2) is 4.79 Å². The van der Waals surface area contributed by atoms with E-state index in [0.29, 0.717) is 18.9 Å². The van der Waals surface area contributed by atoms with E-state index in [1.165, 1.54) is 9.64 Å². The van der Waals surface area contributed by atoms with Gasteiger partial charge in [0.05, 0.1) is 0 Å². The molecule has 4 nitrogen and oxygen atoms in total. The maximum atomic E-state index is 11.0. The zero-order valence-electron chi connectivity index (χ0n) is 10.7. The standard InChI is InChI=1S/C15H14INO3/c16-11-5-7-12(8-6-11)17-9-10-20-14-4-2-1-3-13(14)15(18)19/h1-8,17H,9-10H2,(H,18,19). The number of aromatic carboxylic acids is 1. The molecular formula is C15H14INO3. The van der Waals surface area contributed by atoms with Crippen molar-refractivity contribution in [2.75, 3.05) is 18.5 Å². The summed E-state index contributed by atoms with van der Waals surface area (Å²) in [5.41, 5.74) is 1.20. The van der Waals surface area contributed by atoms with Crippen LogP contribution in [-0.2, 0) is 0 Å². The average molecular weight is 383 g/mol. The van der Waals surface area contributed by atoms with E-state index < -0.39 is 5.97 Å². The molecule has 0 atom stereocenters. The monoisotopic (exact) mass is 383 g/mol. The van der Waals surface area contributed by atoms with Crippen molar-refractivity contribution in [1.82, 2.24) is 0 Å². The first-order valence-electron chi connectivity index (χ1n) is 6.11. The van der Waals surface area contributed by atoms with Gasteiger partial charge in [0.25, 0.3) is 0 Å². The predicted octanol–water partition coefficient (Wildman–Crippen LogP) is 3.48. The fourth-order valence-corrected chi connectivity index (χ4v) is 2.05. The van der Waals surface area contributed by atoms with Crippen molar-refractivity contribution in [3.05, 3.63) is 57.7 Å². The highest BCUT2D eigenvalue weighted by molar-refractivity contribution is 14.1. The highest BCUT2D eigenvalue weighted by Crippen LogP contribution is 2.17. The molecule has 0 radical (unpaired) electrons. The van der Waals surface area contributed by atoms with Crippen LogP contribution in [0.25, 0.3) is 0 Å². The van der Waals surface area contributed by atoms with Crippen LogP contribution in [0, 0.1) is 3.57 Å². The largest absolute Gasteiger partial charge is 0.491 e. The molecule has 0 spiro atoms. The van der Waals surface area contributed by atoms with E-state index in [2.05, 4.69) is 27.9 Å². The van der Waals surface area contributed by atoms with E-state index in [9.17, 15) is 4.79 Å². The molecule has 5 heteroatoms. The fraction of sp³-hybridized carbons (Fsp3) is 0.133. The maximum absolute atomic E-state index is 11.0. The number of para-hydroxylation sites is 1. The third-order valence-electron chi connectivity index (χ3n) is 2.65. The minimum Gasteiger partial charge on any atom is -0.491 e. The lowest BCUT2D eigenvalue weighted by Gasteiger charge is -2.10. The van der Waals surface area contributed by atoms with Crippen LogP contribution in [0.3, 0.4) is 0 Å². The highest BCUT2D eigenvalue weighted by Gasteiger charge is 2.09. The van der Waals surface area contributed by atoms with Gasteiger partial charge in [-0.15, -0.1) is 0 Å². The van der Waals surface area contributed by atoms with Crippen molar-refractivity contribution in [3.8, 4) is 5.75 Å². The fourth-order valence-electron chi connectivity index (χ4n) is 1.69. The van der Waals surface area contributed by atoms with Crippen LogP contribution in [0.1, 0.15) is 10.4 Å². The zero-order valence-corrected chi connectivity index (χ0v) is 12.8. The molecule has 0 aromatic heterocycles. The summed E-state index contributed by atoms with van der Waals surface area (Å²) in [6.07, 6.45) is 0. The van der Waals surface area contributed by atoms with Gasteiger partial charge in [0.15, 0.2) is 0 Å². The summed E-state index contributed by atoms with van der Waals surface area (Å²) in [7, 11) is 0. The smallest absolute Gasteiger partial charge is 0.339 e. The Balaban J connectivity index is 1.84. The van der Waals surface area contributed by atoms with E-state index in [4.69, 9.17) is 9.84 Å². The number of hydrogen-bond donors (Lipinski definition) is 2. The van der Waals surface area contributed by atoms with Crippen LogP contribution >= 0.6 is 22.6 Å². The lowest BCUT2D eigenvalue weighted by molar-refractivity contribution is 0.0692. The van der Waals surface area contributed by atoms with Crippen molar-refractivity contribution in [3.63, 3.8) is 0 Å². The summed E-state index contributed by atoms with van der Waals surface area (Å²) >= 11 is 2.25. The number of hydrogen-bond acceptors (Lipinski definition) is 3. The van der Waals surface area contributed by atoms with Crippen molar-refractivity contribution >= 4 is 34.2 Å². The number of ether oxygens (including phenoxy) is 1. The molecule has 0 aliphatic heterocycles. The second-order valence-corrected chi connectivity index (χ2v) is 5.33. The van der Waals surface area contributed by atoms with Crippen LogP contribution in [-0.4, -0.2) is 24.2 Å². The molecule has 0 aliphatic rings. The Labute approximate surface area is 130 Å². The van der Waals surface area contributed by atoms with Crippen molar-refractivity contribution < 1.29 is 14.6 Å². The summed E-state index contributed by atoms with van der Waals surface area (Å²) in [4.78, 5) is 11.0. The minimum absolute atomic E-state index is 0.182. The molecule has 0 unspecified atom stereocenters. The summed E-state index contributed by atoms with van der Waals surface area (Å²) < 4.78 is 6.68. The van der Waals surface area contributed by atoms with E-state index >= 15 is 0 Å². The molecule has 0 saturated heterocycles. The molecule has 2 aromatic carbocycles. The van der Waals surface area contributed by atoms with Gasteiger partial charge in [-0.2, -0.15) is 0 Å². The number of halogens is 1. The van der Waals surface area contributed by atoms with Crippen LogP contribution in [0.2, 0.25) is 0 Å². The van der Waals surface area contributed by atoms with Gasteiger partial charge in [-0.05, 0) is 59.0 Å². The number of carboxylic acid groups (broad SMARTS) is 1. The van der Waals surface area contributed by atoms with Gasteiger partial charge < -0.3 is 15.2 Å². The van der Waals surface area contributed by atoms with Crippen LogP contribution in [0.5, 0.6) is 5.75 Å². The van der Waals surface area contributed by atoms with Gasteiger partial charge in [0.2, 0.25) is 0 Å². The molecular weight excluding hydrogens is 369 g/mol. The number of carbonyl (C=O) groups is 1. The van der Waals surface area contributed by atoms with Gasteiger partial charge in [-0.1, -0.05) is 12.1 Å². The first kappa shape index (κ1) is 14.6. The summed E-state index contributed by atoms with van der Waals surface area (Å²) in [6.45, 7) is 1.00. The van der Waals surface area contributed by atoms with Crippen molar-refractivity contribution in [2.45, 2.75) is 0 Å². The quantitative estimate of drug-likeness (QED) is 0.593. The molecule has 2 rings (SSSR count). The first-order valence-corrected chi connectivity index (χ1v) is 7.19. The lowest BCUT2D eigenvalue weighted by Crippen LogP contribution is -2.13. The van der Waals surface area contributed by atoms with Gasteiger partial charge in [0, 0.05) is 15.8 Å². The Morgan fingerprint density at radius 3 is 2.55 bits per heavy atom. The third kappa shape index (κ3) is 4.12. The summed E-state index contributed by atoms with van der Waals surface area (Å²) in [6, 6.07) is 14.7. The molecule has 20 heavy (non-hydrogen) atoms. The summed E-state index contributed by atoms with van der Waals surface area (Å²) in [5.74, 6) is -0.587. The van der Waals surface area contributed by atoms with E-state index in [-0.39, 0.29) is 5.56 Å². The number of anilines is 1. The van der Waals surface area contributed by atoms with Gasteiger partial charge >= 0.3 is 5.97 Å². The topological polar surface area (TPSA) is 58.6 Å². The van der Waals surface area contributed by atoms with Crippen LogP contribution in [0.4, 0.5) is 5.69 Å². The second kappa shape index (κ2) is 7.14. The highest BCUT2D eigenvalue weighted by atomic mass is 127. The number of rotatable bonds is 6. The molecule has 0 fully saturated rings. The number of nitrogens with one attached hydrogen (secondary N) is 1. The molecule has 2 N–H and O–H groups in total. The minimum atomic E-state index is -0.980. The second-order valence-electron chi connectivity index (χ2n) is 4.08. The molecule has 0 aliphatic carbocycles. The zero-order chi connectivity index (χ0) is 14.4. The molecule has 2 aromatic rings. The van der Waals surface area contributed by atoms with Gasteiger partial charge in [-0.3, -0.25) is 0 Å². The van der Waals surface area contributed by atoms with Gasteiger partial charge in [0.1, 0.15) is 17.9 Å². The number of carboxylic acids is 1.